The minimum absolute atomic E-state index is 0.0483. The van der Waals surface area contributed by atoms with Gasteiger partial charge >= 0.3 is 0 Å². The maximum absolute atomic E-state index is 5.62. The van der Waals surface area contributed by atoms with Crippen molar-refractivity contribution < 1.29 is 4.84 Å². The summed E-state index contributed by atoms with van der Waals surface area (Å²) in [5.74, 6) is 0. The van der Waals surface area contributed by atoms with Crippen LogP contribution in [0.2, 0.25) is 0 Å². The summed E-state index contributed by atoms with van der Waals surface area (Å²) in [4.78, 5) is 10.5. The molecule has 0 spiro atoms. The lowest BCUT2D eigenvalue weighted by Gasteiger charge is -2.08. The molecule has 2 heterocycles. The minimum atomic E-state index is 0.0483. The molecule has 22 heavy (non-hydrogen) atoms. The highest BCUT2D eigenvalue weighted by molar-refractivity contribution is 6.05. The molecule has 3 heteroatoms. The maximum atomic E-state index is 5.62. The Balaban J connectivity index is 1.47. The fourth-order valence-corrected chi connectivity index (χ4v) is 3.12. The number of hydrogen-bond donors (Lipinski definition) is 0. The summed E-state index contributed by atoms with van der Waals surface area (Å²) in [5.41, 5.74) is 4.69. The van der Waals surface area contributed by atoms with E-state index in [0.717, 1.165) is 25.0 Å². The monoisotopic (exact) mass is 290 g/mol. The van der Waals surface area contributed by atoms with Gasteiger partial charge in [0.25, 0.3) is 0 Å². The Hall–Kier alpha value is -2.42. The molecule has 0 bridgehead atoms. The normalized spacial score (nSPS) is 23.8. The van der Waals surface area contributed by atoms with Crippen LogP contribution in [-0.4, -0.2) is 17.5 Å². The summed E-state index contributed by atoms with van der Waals surface area (Å²) in [6.07, 6.45) is 2.95. The quantitative estimate of drug-likeness (QED) is 0.836. The molecule has 110 valence electrons. The molecule has 2 aliphatic rings. The van der Waals surface area contributed by atoms with E-state index in [4.69, 9.17) is 9.83 Å². The van der Waals surface area contributed by atoms with Gasteiger partial charge in [-0.25, -0.2) is 0 Å². The first-order valence-electron chi connectivity index (χ1n) is 7.80. The second-order valence-corrected chi connectivity index (χ2v) is 5.79. The van der Waals surface area contributed by atoms with Crippen molar-refractivity contribution in [1.29, 1.82) is 0 Å². The molecule has 0 aliphatic carbocycles. The molecule has 4 rings (SSSR count). The lowest BCUT2D eigenvalue weighted by atomic mass is 9.99. The van der Waals surface area contributed by atoms with E-state index in [2.05, 4.69) is 41.6 Å². The fraction of sp³-hybridized carbons (Fsp3) is 0.263. The highest BCUT2D eigenvalue weighted by Crippen LogP contribution is 2.31. The molecular weight excluding hydrogens is 272 g/mol. The highest BCUT2D eigenvalue weighted by atomic mass is 16.6. The summed E-state index contributed by atoms with van der Waals surface area (Å²) in [7, 11) is 0. The van der Waals surface area contributed by atoms with Crippen molar-refractivity contribution in [3.05, 3.63) is 71.8 Å². The van der Waals surface area contributed by atoms with E-state index < -0.39 is 0 Å². The second-order valence-electron chi connectivity index (χ2n) is 5.79. The smallest absolute Gasteiger partial charge is 0.158 e. The van der Waals surface area contributed by atoms with Crippen LogP contribution in [0, 0.1) is 0 Å². The summed E-state index contributed by atoms with van der Waals surface area (Å²) >= 11 is 0. The number of nitrogens with zero attached hydrogens (tertiary/aromatic N) is 2. The van der Waals surface area contributed by atoms with Crippen LogP contribution in [0.3, 0.4) is 0 Å². The van der Waals surface area contributed by atoms with Gasteiger partial charge in [-0.15, -0.1) is 0 Å². The number of benzene rings is 2. The van der Waals surface area contributed by atoms with Gasteiger partial charge in [-0.05, 0) is 24.0 Å². The van der Waals surface area contributed by atoms with Gasteiger partial charge in [0.2, 0.25) is 0 Å². The third-order valence-electron chi connectivity index (χ3n) is 4.32. The zero-order valence-corrected chi connectivity index (χ0v) is 12.4. The average Bonchev–Trinajstić information content (AvgIpc) is 3.26. The maximum Gasteiger partial charge on any atom is 0.158 e. The van der Waals surface area contributed by atoms with Gasteiger partial charge in [0.05, 0.1) is 11.8 Å². The molecule has 0 aromatic heterocycles. The summed E-state index contributed by atoms with van der Waals surface area (Å²) in [5, 5.41) is 4.31. The Kier molecular flexibility index (Phi) is 3.47. The molecule has 0 saturated heterocycles. The molecular formula is C19H18N2O. The van der Waals surface area contributed by atoms with E-state index in [1.807, 2.05) is 24.3 Å². The topological polar surface area (TPSA) is 34.0 Å². The summed E-state index contributed by atoms with van der Waals surface area (Å²) < 4.78 is 0. The van der Waals surface area contributed by atoms with Gasteiger partial charge in [0.15, 0.2) is 6.10 Å². The molecule has 2 aromatic rings. The van der Waals surface area contributed by atoms with Gasteiger partial charge < -0.3 is 4.84 Å². The number of aliphatic imine (C=N–C) groups is 1. The molecule has 0 radical (unpaired) electrons. The van der Waals surface area contributed by atoms with Crippen molar-refractivity contribution >= 4 is 11.4 Å². The van der Waals surface area contributed by atoms with Crippen molar-refractivity contribution in [3.63, 3.8) is 0 Å². The first kappa shape index (κ1) is 13.3. The Labute approximate surface area is 130 Å². The Morgan fingerprint density at radius 2 is 1.64 bits per heavy atom. The predicted octanol–water partition coefficient (Wildman–Crippen LogP) is 4.16. The van der Waals surface area contributed by atoms with E-state index in [9.17, 15) is 0 Å². The van der Waals surface area contributed by atoms with Crippen LogP contribution in [-0.2, 0) is 4.84 Å². The number of hydrogen-bond acceptors (Lipinski definition) is 3. The third kappa shape index (κ3) is 2.54. The van der Waals surface area contributed by atoms with Crippen LogP contribution in [0.4, 0.5) is 0 Å². The Bertz CT molecular complexity index is 707. The molecule has 2 aliphatic heterocycles. The van der Waals surface area contributed by atoms with E-state index in [-0.39, 0.29) is 12.1 Å². The molecule has 0 N–H and O–H groups in total. The second kappa shape index (κ2) is 5.76. The summed E-state index contributed by atoms with van der Waals surface area (Å²) in [6.45, 7) is 0. The standard InChI is InChI=1S/C19H18N2O/c1-3-7-14(8-4-1)16-11-12-17(20-16)18-13-19(22-21-18)15-9-5-2-6-10-15/h1-10,17,19H,11-13H2/t17-,19-/m0/s1. The van der Waals surface area contributed by atoms with Crippen molar-refractivity contribution in [1.82, 2.24) is 0 Å². The first-order valence-corrected chi connectivity index (χ1v) is 7.80. The summed E-state index contributed by atoms with van der Waals surface area (Å²) in [6, 6.07) is 20.9. The van der Waals surface area contributed by atoms with Gasteiger partial charge in [0, 0.05) is 12.1 Å². The minimum Gasteiger partial charge on any atom is -0.387 e. The first-order chi connectivity index (χ1) is 10.9. The van der Waals surface area contributed by atoms with Crippen molar-refractivity contribution in [2.75, 3.05) is 0 Å². The van der Waals surface area contributed by atoms with Crippen LogP contribution >= 0.6 is 0 Å². The predicted molar refractivity (Wildman–Crippen MR) is 88.3 cm³/mol. The fourth-order valence-electron chi connectivity index (χ4n) is 3.12. The molecule has 2 atom stereocenters. The molecule has 3 nitrogen and oxygen atoms in total. The lowest BCUT2D eigenvalue weighted by molar-refractivity contribution is 0.0857. The zero-order chi connectivity index (χ0) is 14.8. The zero-order valence-electron chi connectivity index (χ0n) is 12.4. The Morgan fingerprint density at radius 1 is 0.909 bits per heavy atom. The van der Waals surface area contributed by atoms with Crippen LogP contribution in [0.25, 0.3) is 0 Å². The van der Waals surface area contributed by atoms with Gasteiger partial charge in [0.1, 0.15) is 0 Å². The molecule has 0 amide bonds. The number of oxime groups is 1. The van der Waals surface area contributed by atoms with E-state index in [1.54, 1.807) is 0 Å². The van der Waals surface area contributed by atoms with Gasteiger partial charge in [-0.3, -0.25) is 4.99 Å². The largest absolute Gasteiger partial charge is 0.387 e. The third-order valence-corrected chi connectivity index (χ3v) is 4.32. The molecule has 0 fully saturated rings. The van der Waals surface area contributed by atoms with Crippen molar-refractivity contribution in [2.45, 2.75) is 31.4 Å². The van der Waals surface area contributed by atoms with Crippen LogP contribution in [0.15, 0.2) is 70.8 Å². The van der Waals surface area contributed by atoms with E-state index in [1.165, 1.54) is 16.8 Å². The Morgan fingerprint density at radius 3 is 2.41 bits per heavy atom. The molecule has 2 aromatic carbocycles. The van der Waals surface area contributed by atoms with Gasteiger partial charge in [-0.1, -0.05) is 65.8 Å². The van der Waals surface area contributed by atoms with E-state index >= 15 is 0 Å². The van der Waals surface area contributed by atoms with E-state index in [0.29, 0.717) is 0 Å². The molecule has 0 unspecified atom stereocenters. The van der Waals surface area contributed by atoms with Crippen molar-refractivity contribution in [3.8, 4) is 0 Å². The van der Waals surface area contributed by atoms with Crippen LogP contribution < -0.4 is 0 Å². The van der Waals surface area contributed by atoms with Gasteiger partial charge in [-0.2, -0.15) is 0 Å². The van der Waals surface area contributed by atoms with Crippen LogP contribution in [0.5, 0.6) is 0 Å². The van der Waals surface area contributed by atoms with Crippen molar-refractivity contribution in [2.24, 2.45) is 10.1 Å². The number of rotatable bonds is 3. The van der Waals surface area contributed by atoms with Crippen LogP contribution in [0.1, 0.15) is 36.5 Å². The lowest BCUT2D eigenvalue weighted by Crippen LogP contribution is -2.14. The molecule has 0 saturated carbocycles. The SMILES string of the molecule is c1ccc(C2=N[C@H](C3=NO[C@H](c4ccccc4)C3)CC2)cc1. The average molecular weight is 290 g/mol. The highest BCUT2D eigenvalue weighted by Gasteiger charge is 2.31.